The Balaban J connectivity index is 1.75. The molecule has 1 N–H and O–H groups in total. The molecule has 1 aromatic heterocycles. The number of amides is 1. The first-order chi connectivity index (χ1) is 10.8. The summed E-state index contributed by atoms with van der Waals surface area (Å²) in [6, 6.07) is 2.88. The van der Waals surface area contributed by atoms with Crippen LogP contribution < -0.4 is 5.32 Å². The summed E-state index contributed by atoms with van der Waals surface area (Å²) in [5, 5.41) is 7.90. The number of hydrogen-bond donors (Lipinski definition) is 1. The van der Waals surface area contributed by atoms with E-state index < -0.39 is 5.60 Å². The predicted octanol–water partition coefficient (Wildman–Crippen LogP) is 4.06. The Labute approximate surface area is 144 Å². The average Bonchev–Trinajstić information content (AvgIpc) is 3.07. The molecule has 2 unspecified atom stereocenters. The van der Waals surface area contributed by atoms with Gasteiger partial charge in [-0.2, -0.15) is 11.3 Å². The maximum absolute atomic E-state index is 12.3. The summed E-state index contributed by atoms with van der Waals surface area (Å²) in [4.78, 5) is 14.2. The molecule has 0 radical (unpaired) electrons. The summed E-state index contributed by atoms with van der Waals surface area (Å²) in [6.07, 6.45) is 4.05. The zero-order valence-corrected chi connectivity index (χ0v) is 15.6. The molecule has 2 heterocycles. The third-order valence-electron chi connectivity index (χ3n) is 4.12. The van der Waals surface area contributed by atoms with E-state index in [9.17, 15) is 4.79 Å². The van der Waals surface area contributed by atoms with E-state index in [4.69, 9.17) is 4.74 Å². The van der Waals surface area contributed by atoms with E-state index >= 15 is 0 Å². The molecule has 1 saturated heterocycles. The van der Waals surface area contributed by atoms with Crippen LogP contribution in [0, 0.1) is 0 Å². The molecule has 0 aliphatic carbocycles. The van der Waals surface area contributed by atoms with E-state index in [-0.39, 0.29) is 6.09 Å². The lowest BCUT2D eigenvalue weighted by Gasteiger charge is -2.30. The summed E-state index contributed by atoms with van der Waals surface area (Å²) in [7, 11) is 0. The lowest BCUT2D eigenvalue weighted by Crippen LogP contribution is -2.42. The molecule has 1 aliphatic heterocycles. The molecule has 130 valence electrons. The van der Waals surface area contributed by atoms with Gasteiger partial charge in [-0.15, -0.1) is 0 Å². The molecular weight excluding hydrogens is 308 g/mol. The van der Waals surface area contributed by atoms with Crippen molar-refractivity contribution < 1.29 is 9.53 Å². The third kappa shape index (κ3) is 6.15. The van der Waals surface area contributed by atoms with Crippen LogP contribution in [0.5, 0.6) is 0 Å². The Hall–Kier alpha value is -1.07. The zero-order chi connectivity index (χ0) is 16.9. The van der Waals surface area contributed by atoms with Gasteiger partial charge < -0.3 is 15.0 Å². The van der Waals surface area contributed by atoms with Gasteiger partial charge >= 0.3 is 6.09 Å². The van der Waals surface area contributed by atoms with Crippen LogP contribution in [0.15, 0.2) is 16.8 Å². The molecule has 0 spiro atoms. The largest absolute Gasteiger partial charge is 0.444 e. The van der Waals surface area contributed by atoms with Crippen molar-refractivity contribution in [1.29, 1.82) is 0 Å². The Morgan fingerprint density at radius 2 is 2.30 bits per heavy atom. The maximum atomic E-state index is 12.3. The minimum atomic E-state index is -0.422. The summed E-state index contributed by atoms with van der Waals surface area (Å²) in [6.45, 7) is 9.78. The fraction of sp³-hybridized carbons (Fsp3) is 0.722. The van der Waals surface area contributed by atoms with Crippen LogP contribution in [0.2, 0.25) is 0 Å². The van der Waals surface area contributed by atoms with Crippen LogP contribution in [0.4, 0.5) is 4.79 Å². The lowest BCUT2D eigenvalue weighted by molar-refractivity contribution is 0.0215. The highest BCUT2D eigenvalue weighted by atomic mass is 32.1. The Bertz CT molecular complexity index is 482. The van der Waals surface area contributed by atoms with Crippen molar-refractivity contribution in [1.82, 2.24) is 10.2 Å². The van der Waals surface area contributed by atoms with Gasteiger partial charge in [-0.3, -0.25) is 0 Å². The first-order valence-electron chi connectivity index (χ1n) is 8.59. The average molecular weight is 339 g/mol. The van der Waals surface area contributed by atoms with Gasteiger partial charge in [0.25, 0.3) is 0 Å². The van der Waals surface area contributed by atoms with E-state index in [0.29, 0.717) is 12.1 Å². The van der Waals surface area contributed by atoms with Crippen LogP contribution in [0.3, 0.4) is 0 Å². The molecule has 0 aromatic carbocycles. The Morgan fingerprint density at radius 1 is 1.52 bits per heavy atom. The predicted molar refractivity (Wildman–Crippen MR) is 96.1 cm³/mol. The molecule has 0 bridgehead atoms. The first kappa shape index (κ1) is 18.3. The van der Waals surface area contributed by atoms with Crippen molar-refractivity contribution in [2.75, 3.05) is 13.1 Å². The Kier molecular flexibility index (Phi) is 6.48. The summed E-state index contributed by atoms with van der Waals surface area (Å²) >= 11 is 1.75. The van der Waals surface area contributed by atoms with Crippen molar-refractivity contribution in [3.05, 3.63) is 22.4 Å². The van der Waals surface area contributed by atoms with Gasteiger partial charge in [0.05, 0.1) is 0 Å². The van der Waals surface area contributed by atoms with Crippen LogP contribution in [0.1, 0.15) is 52.5 Å². The van der Waals surface area contributed by atoms with Crippen LogP contribution in [-0.2, 0) is 11.2 Å². The molecule has 2 rings (SSSR count). The second kappa shape index (κ2) is 8.15. The molecule has 1 aliphatic rings. The number of likely N-dealkylation sites (tertiary alicyclic amines) is 1. The number of carbonyl (C=O) groups is 1. The molecule has 1 fully saturated rings. The molecule has 1 aromatic rings. The van der Waals surface area contributed by atoms with Gasteiger partial charge in [-0.05, 0) is 82.3 Å². The van der Waals surface area contributed by atoms with E-state index in [1.54, 1.807) is 11.3 Å². The Morgan fingerprint density at radius 3 is 2.96 bits per heavy atom. The van der Waals surface area contributed by atoms with Crippen molar-refractivity contribution in [2.24, 2.45) is 0 Å². The summed E-state index contributed by atoms with van der Waals surface area (Å²) < 4.78 is 5.53. The normalized spacial score (nSPS) is 19.8. The standard InChI is InChI=1S/C18H30N2O2S/c1-14(19-9-7-15-8-11-23-13-15)12-16-6-5-10-20(16)17(21)22-18(2,3)4/h8,11,13-14,16,19H,5-7,9-10,12H2,1-4H3. The molecule has 2 atom stereocenters. The lowest BCUT2D eigenvalue weighted by atomic mass is 10.1. The fourth-order valence-electron chi connectivity index (χ4n) is 3.03. The highest BCUT2D eigenvalue weighted by Crippen LogP contribution is 2.24. The van der Waals surface area contributed by atoms with Gasteiger partial charge in [0.2, 0.25) is 0 Å². The van der Waals surface area contributed by atoms with Crippen LogP contribution >= 0.6 is 11.3 Å². The molecule has 4 nitrogen and oxygen atoms in total. The second-order valence-corrected chi connectivity index (χ2v) is 8.22. The number of ether oxygens (including phenoxy) is 1. The van der Waals surface area contributed by atoms with Gasteiger partial charge in [-0.1, -0.05) is 0 Å². The fourth-order valence-corrected chi connectivity index (χ4v) is 3.73. The first-order valence-corrected chi connectivity index (χ1v) is 9.53. The number of carbonyl (C=O) groups excluding carboxylic acids is 1. The second-order valence-electron chi connectivity index (χ2n) is 7.44. The third-order valence-corrected chi connectivity index (χ3v) is 4.85. The number of nitrogens with zero attached hydrogens (tertiary/aromatic N) is 1. The smallest absolute Gasteiger partial charge is 0.410 e. The number of rotatable bonds is 6. The molecule has 23 heavy (non-hydrogen) atoms. The quantitative estimate of drug-likeness (QED) is 0.850. The highest BCUT2D eigenvalue weighted by Gasteiger charge is 2.32. The topological polar surface area (TPSA) is 41.6 Å². The minimum Gasteiger partial charge on any atom is -0.444 e. The summed E-state index contributed by atoms with van der Waals surface area (Å²) in [5.74, 6) is 0. The van der Waals surface area contributed by atoms with Crippen LogP contribution in [-0.4, -0.2) is 41.8 Å². The van der Waals surface area contributed by atoms with E-state index in [2.05, 4.69) is 29.1 Å². The molecule has 5 heteroatoms. The number of thiophene rings is 1. The van der Waals surface area contributed by atoms with Crippen molar-refractivity contribution in [3.63, 3.8) is 0 Å². The number of nitrogens with one attached hydrogen (secondary N) is 1. The van der Waals surface area contributed by atoms with Crippen LogP contribution in [0.25, 0.3) is 0 Å². The SMILES string of the molecule is CC(CC1CCCN1C(=O)OC(C)(C)C)NCCc1ccsc1. The zero-order valence-electron chi connectivity index (χ0n) is 14.8. The minimum absolute atomic E-state index is 0.162. The maximum Gasteiger partial charge on any atom is 0.410 e. The highest BCUT2D eigenvalue weighted by molar-refractivity contribution is 7.07. The van der Waals surface area contributed by atoms with Crippen molar-refractivity contribution >= 4 is 17.4 Å². The van der Waals surface area contributed by atoms with Gasteiger partial charge in [0.1, 0.15) is 5.60 Å². The summed E-state index contributed by atoms with van der Waals surface area (Å²) in [5.41, 5.74) is 0.972. The van der Waals surface area contributed by atoms with E-state index in [1.165, 1.54) is 5.56 Å². The van der Waals surface area contributed by atoms with Gasteiger partial charge in [-0.25, -0.2) is 4.79 Å². The number of hydrogen-bond acceptors (Lipinski definition) is 4. The molecule has 0 saturated carbocycles. The molecule has 1 amide bonds. The van der Waals surface area contributed by atoms with Gasteiger partial charge in [0.15, 0.2) is 0 Å². The van der Waals surface area contributed by atoms with E-state index in [0.717, 1.165) is 38.8 Å². The van der Waals surface area contributed by atoms with Gasteiger partial charge in [0, 0.05) is 18.6 Å². The van der Waals surface area contributed by atoms with E-state index in [1.807, 2.05) is 25.7 Å². The monoisotopic (exact) mass is 338 g/mol. The molecular formula is C18H30N2O2S. The van der Waals surface area contributed by atoms with Crippen molar-refractivity contribution in [3.8, 4) is 0 Å². The van der Waals surface area contributed by atoms with Crippen molar-refractivity contribution in [2.45, 2.75) is 71.1 Å².